The summed E-state index contributed by atoms with van der Waals surface area (Å²) >= 11 is 1.05. The summed E-state index contributed by atoms with van der Waals surface area (Å²) in [4.78, 5) is 25.0. The summed E-state index contributed by atoms with van der Waals surface area (Å²) in [6, 6.07) is 8.42. The Morgan fingerprint density at radius 1 is 1.36 bits per heavy atom. The number of rotatable bonds is 8. The predicted octanol–water partition coefficient (Wildman–Crippen LogP) is 1.39. The van der Waals surface area contributed by atoms with E-state index in [0.717, 1.165) is 16.9 Å². The first-order valence-corrected chi connectivity index (χ1v) is 15.3. The quantitative estimate of drug-likeness (QED) is 0.220. The maximum absolute atomic E-state index is 13.4. The van der Waals surface area contributed by atoms with Gasteiger partial charge >= 0.3 is 12.7 Å². The van der Waals surface area contributed by atoms with Crippen LogP contribution in [0.5, 0.6) is 5.88 Å². The van der Waals surface area contributed by atoms with Gasteiger partial charge in [-0.25, -0.2) is 10.1 Å². The molecule has 16 heteroatoms. The molecule has 3 aromatic rings. The van der Waals surface area contributed by atoms with Crippen molar-refractivity contribution in [1.82, 2.24) is 24.6 Å². The molecule has 4 heterocycles. The number of benzene rings is 1. The number of aliphatic hydroxyl groups excluding tert-OH is 1. The van der Waals surface area contributed by atoms with Gasteiger partial charge in [0.25, 0.3) is 0 Å². The van der Waals surface area contributed by atoms with Gasteiger partial charge in [0.1, 0.15) is 30.5 Å². The van der Waals surface area contributed by atoms with Crippen molar-refractivity contribution in [3.63, 3.8) is 0 Å². The molecule has 2 aliphatic heterocycles. The molecule has 2 aromatic heterocycles. The molecule has 2 fully saturated rings. The molecule has 0 spiro atoms. The van der Waals surface area contributed by atoms with Crippen LogP contribution in [0.2, 0.25) is 0 Å². The van der Waals surface area contributed by atoms with E-state index in [1.807, 2.05) is 30.3 Å². The second kappa shape index (κ2) is 11.0. The van der Waals surface area contributed by atoms with Gasteiger partial charge in [0.15, 0.2) is 17.4 Å². The Balaban J connectivity index is 1.24. The standard InChI is InChI=1S/C23H29N6O8PS/c1-23(32)17(30)15(37-21(23)29-12-25-16-18(29)26-22(24)27-19(16)34-2)11-36-38(33)28-14(8-9-39-38)20(31)35-10-13-6-4-3-5-7-13/h3-7,12,14-15,17,21,30,32H,8-11H2,1-2H3,(H,28,33)(H2,24,26,27). The van der Waals surface area contributed by atoms with Crippen molar-refractivity contribution in [1.29, 1.82) is 0 Å². The first kappa shape index (κ1) is 27.8. The van der Waals surface area contributed by atoms with Gasteiger partial charge in [-0.05, 0) is 18.9 Å². The van der Waals surface area contributed by atoms with E-state index in [4.69, 9.17) is 24.5 Å². The number of carbonyl (C=O) groups is 1. The number of hydrogen-bond acceptors (Lipinski definition) is 13. The summed E-state index contributed by atoms with van der Waals surface area (Å²) in [5.74, 6) is -0.0701. The third kappa shape index (κ3) is 5.61. The van der Waals surface area contributed by atoms with Gasteiger partial charge in [0.2, 0.25) is 11.8 Å². The van der Waals surface area contributed by atoms with Crippen molar-refractivity contribution in [2.75, 3.05) is 25.2 Å². The van der Waals surface area contributed by atoms with E-state index < -0.39 is 42.8 Å². The van der Waals surface area contributed by atoms with Crippen molar-refractivity contribution in [2.24, 2.45) is 0 Å². The SMILES string of the molecule is COc1nc(N)nc2c1ncn2C1OC(COP2(=O)NC(C(=O)OCc3ccccc3)CCS2)C(O)C1(C)O. The number of aliphatic hydroxyl groups is 2. The molecular weight excluding hydrogens is 551 g/mol. The fourth-order valence-corrected chi connectivity index (χ4v) is 8.24. The number of anilines is 1. The zero-order chi connectivity index (χ0) is 27.8. The summed E-state index contributed by atoms with van der Waals surface area (Å²) < 4.78 is 37.0. The highest BCUT2D eigenvalue weighted by Crippen LogP contribution is 2.59. The molecule has 0 saturated carbocycles. The van der Waals surface area contributed by atoms with E-state index >= 15 is 0 Å². The van der Waals surface area contributed by atoms with Gasteiger partial charge in [-0.2, -0.15) is 9.97 Å². The van der Waals surface area contributed by atoms with Gasteiger partial charge in [-0.1, -0.05) is 41.7 Å². The minimum absolute atomic E-state index is 0.0745. The highest BCUT2D eigenvalue weighted by atomic mass is 32.7. The van der Waals surface area contributed by atoms with Gasteiger partial charge in [0.05, 0.1) is 20.0 Å². The van der Waals surface area contributed by atoms with Crippen LogP contribution in [0.15, 0.2) is 36.7 Å². The Hall–Kier alpha value is -2.78. The Morgan fingerprint density at radius 2 is 2.13 bits per heavy atom. The Morgan fingerprint density at radius 3 is 2.87 bits per heavy atom. The zero-order valence-corrected chi connectivity index (χ0v) is 22.9. The van der Waals surface area contributed by atoms with Crippen LogP contribution >= 0.6 is 18.1 Å². The molecule has 0 amide bonds. The molecule has 5 rings (SSSR count). The largest absolute Gasteiger partial charge is 0.479 e. The van der Waals surface area contributed by atoms with Gasteiger partial charge in [-0.15, -0.1) is 0 Å². The van der Waals surface area contributed by atoms with Crippen molar-refractivity contribution in [2.45, 2.75) is 50.0 Å². The molecule has 2 saturated heterocycles. The molecule has 210 valence electrons. The highest BCUT2D eigenvalue weighted by Gasteiger charge is 2.54. The zero-order valence-electron chi connectivity index (χ0n) is 21.2. The number of aromatic nitrogens is 4. The van der Waals surface area contributed by atoms with Gasteiger partial charge < -0.3 is 34.7 Å². The lowest BCUT2D eigenvalue weighted by Crippen LogP contribution is -2.44. The van der Waals surface area contributed by atoms with E-state index in [-0.39, 0.29) is 36.2 Å². The average Bonchev–Trinajstić information content (AvgIpc) is 3.43. The monoisotopic (exact) mass is 580 g/mol. The maximum Gasteiger partial charge on any atom is 0.327 e. The van der Waals surface area contributed by atoms with Crippen LogP contribution in [0.1, 0.15) is 25.1 Å². The van der Waals surface area contributed by atoms with Crippen LogP contribution in [0.4, 0.5) is 5.95 Å². The Kier molecular flexibility index (Phi) is 7.84. The summed E-state index contributed by atoms with van der Waals surface area (Å²) in [6.45, 7) is -2.39. The topological polar surface area (TPSA) is 193 Å². The lowest BCUT2D eigenvalue weighted by atomic mass is 9.96. The molecule has 14 nitrogen and oxygen atoms in total. The van der Waals surface area contributed by atoms with Gasteiger partial charge in [-0.3, -0.25) is 13.9 Å². The fourth-order valence-electron chi connectivity index (χ4n) is 4.43. The molecule has 2 aliphatic rings. The van der Waals surface area contributed by atoms with Crippen molar-refractivity contribution >= 4 is 41.2 Å². The van der Waals surface area contributed by atoms with Crippen molar-refractivity contribution in [3.05, 3.63) is 42.2 Å². The molecule has 0 bridgehead atoms. The summed E-state index contributed by atoms with van der Waals surface area (Å²) in [5.41, 5.74) is 5.33. The number of carbonyl (C=O) groups excluding carboxylic acids is 1. The number of nitrogens with two attached hydrogens (primary N) is 1. The second-order valence-corrected chi connectivity index (χ2v) is 13.7. The lowest BCUT2D eigenvalue weighted by Gasteiger charge is -2.29. The smallest absolute Gasteiger partial charge is 0.327 e. The fraction of sp³-hybridized carbons (Fsp3) is 0.478. The van der Waals surface area contributed by atoms with E-state index in [0.29, 0.717) is 12.2 Å². The lowest BCUT2D eigenvalue weighted by molar-refractivity contribution is -0.147. The summed E-state index contributed by atoms with van der Waals surface area (Å²) in [6.07, 6.45) is -1.86. The van der Waals surface area contributed by atoms with Crippen LogP contribution in [-0.2, 0) is 30.0 Å². The van der Waals surface area contributed by atoms with Crippen molar-refractivity contribution < 1.29 is 38.3 Å². The van der Waals surface area contributed by atoms with Crippen LogP contribution < -0.4 is 15.6 Å². The molecule has 6 atom stereocenters. The Bertz CT molecular complexity index is 1390. The van der Waals surface area contributed by atoms with E-state index in [1.165, 1.54) is 24.9 Å². The number of hydrogen-bond donors (Lipinski definition) is 4. The number of nitrogen functional groups attached to an aromatic ring is 1. The molecule has 39 heavy (non-hydrogen) atoms. The molecule has 1 aromatic carbocycles. The molecule has 6 unspecified atom stereocenters. The third-order valence-electron chi connectivity index (χ3n) is 6.51. The molecule has 0 radical (unpaired) electrons. The minimum atomic E-state index is -3.56. The van der Waals surface area contributed by atoms with E-state index in [2.05, 4.69) is 20.0 Å². The number of methoxy groups -OCH3 is 1. The van der Waals surface area contributed by atoms with Crippen molar-refractivity contribution in [3.8, 4) is 5.88 Å². The summed E-state index contributed by atoms with van der Waals surface area (Å²) in [7, 11) is 1.41. The third-order valence-corrected chi connectivity index (χ3v) is 10.6. The number of imidazole rings is 1. The first-order chi connectivity index (χ1) is 18.6. The normalized spacial score (nSPS) is 30.9. The number of ether oxygens (including phenoxy) is 3. The van der Waals surface area contributed by atoms with Crippen LogP contribution in [0, 0.1) is 0 Å². The van der Waals surface area contributed by atoms with Gasteiger partial charge in [0, 0.05) is 5.75 Å². The Labute approximate surface area is 227 Å². The molecule has 0 aliphatic carbocycles. The molecular formula is C23H29N6O8PS. The summed E-state index contributed by atoms with van der Waals surface area (Å²) in [5, 5.41) is 24.8. The van der Waals surface area contributed by atoms with Crippen LogP contribution in [0.25, 0.3) is 11.2 Å². The number of nitrogens with zero attached hydrogens (tertiary/aromatic N) is 4. The number of nitrogens with one attached hydrogen (secondary N) is 1. The minimum Gasteiger partial charge on any atom is -0.479 e. The highest BCUT2D eigenvalue weighted by molar-refractivity contribution is 8.56. The number of fused-ring (bicyclic) bond motifs is 1. The molecule has 5 N–H and O–H groups in total. The number of esters is 1. The van der Waals surface area contributed by atoms with E-state index in [1.54, 1.807) is 0 Å². The first-order valence-electron chi connectivity index (χ1n) is 12.1. The predicted molar refractivity (Wildman–Crippen MR) is 141 cm³/mol. The van der Waals surface area contributed by atoms with Crippen LogP contribution in [0.3, 0.4) is 0 Å². The van der Waals surface area contributed by atoms with Crippen LogP contribution in [-0.4, -0.2) is 79.0 Å². The second-order valence-electron chi connectivity index (χ2n) is 9.30. The average molecular weight is 581 g/mol. The maximum atomic E-state index is 13.4. The van der Waals surface area contributed by atoms with E-state index in [9.17, 15) is 19.6 Å².